The first kappa shape index (κ1) is 16.6. The van der Waals surface area contributed by atoms with Crippen LogP contribution in [-0.2, 0) is 33.5 Å². The van der Waals surface area contributed by atoms with E-state index in [1.165, 1.54) is 24.3 Å². The van der Waals surface area contributed by atoms with Gasteiger partial charge in [0.25, 0.3) is 0 Å². The van der Waals surface area contributed by atoms with Gasteiger partial charge in [0.1, 0.15) is 11.9 Å². The smallest absolute Gasteiger partial charge is 0.236 e. The highest BCUT2D eigenvalue weighted by molar-refractivity contribution is 7.88. The SMILES string of the molecule is NC(=O)[C@@H]1Cc2ccccc2CN1S(=O)(=O)Cc1ccc(F)cc1. The van der Waals surface area contributed by atoms with Crippen molar-refractivity contribution < 1.29 is 17.6 Å². The molecular formula is C17H17FN2O3S. The van der Waals surface area contributed by atoms with Crippen molar-refractivity contribution in [2.24, 2.45) is 5.73 Å². The number of benzene rings is 2. The lowest BCUT2D eigenvalue weighted by Crippen LogP contribution is -2.51. The van der Waals surface area contributed by atoms with Crippen LogP contribution in [0.5, 0.6) is 0 Å². The van der Waals surface area contributed by atoms with E-state index < -0.39 is 27.8 Å². The van der Waals surface area contributed by atoms with Crippen LogP contribution in [0.3, 0.4) is 0 Å². The lowest BCUT2D eigenvalue weighted by atomic mass is 9.96. The minimum atomic E-state index is -3.78. The van der Waals surface area contributed by atoms with Crippen LogP contribution < -0.4 is 5.73 Å². The molecular weight excluding hydrogens is 331 g/mol. The molecule has 0 radical (unpaired) electrons. The van der Waals surface area contributed by atoms with Gasteiger partial charge in [-0.05, 0) is 35.2 Å². The Balaban J connectivity index is 1.92. The molecule has 1 atom stereocenters. The second-order valence-corrected chi connectivity index (χ2v) is 7.74. The van der Waals surface area contributed by atoms with E-state index in [1.807, 2.05) is 24.3 Å². The monoisotopic (exact) mass is 348 g/mol. The molecule has 1 amide bonds. The maximum Gasteiger partial charge on any atom is 0.236 e. The van der Waals surface area contributed by atoms with Gasteiger partial charge >= 0.3 is 0 Å². The van der Waals surface area contributed by atoms with E-state index in [0.29, 0.717) is 5.56 Å². The normalized spacial score (nSPS) is 18.1. The lowest BCUT2D eigenvalue weighted by Gasteiger charge is -2.34. The topological polar surface area (TPSA) is 80.5 Å². The number of sulfonamides is 1. The van der Waals surface area contributed by atoms with Gasteiger partial charge in [0, 0.05) is 6.54 Å². The molecule has 0 aromatic heterocycles. The van der Waals surface area contributed by atoms with Crippen molar-refractivity contribution in [3.8, 4) is 0 Å². The van der Waals surface area contributed by atoms with Gasteiger partial charge in [-0.2, -0.15) is 4.31 Å². The average Bonchev–Trinajstić information content (AvgIpc) is 2.55. The summed E-state index contributed by atoms with van der Waals surface area (Å²) < 4.78 is 39.7. The highest BCUT2D eigenvalue weighted by Gasteiger charge is 2.37. The lowest BCUT2D eigenvalue weighted by molar-refractivity contribution is -0.122. The Bertz CT molecular complexity index is 866. The number of nitrogens with two attached hydrogens (primary N) is 1. The summed E-state index contributed by atoms with van der Waals surface area (Å²) in [6.07, 6.45) is 0.258. The van der Waals surface area contributed by atoms with Crippen LogP contribution in [0, 0.1) is 5.82 Å². The van der Waals surface area contributed by atoms with Crippen LogP contribution in [0.4, 0.5) is 4.39 Å². The van der Waals surface area contributed by atoms with E-state index in [4.69, 9.17) is 5.73 Å². The van der Waals surface area contributed by atoms with Crippen molar-refractivity contribution in [2.75, 3.05) is 0 Å². The molecule has 2 N–H and O–H groups in total. The molecule has 2 aromatic carbocycles. The Kier molecular flexibility index (Phi) is 4.38. The number of hydrogen-bond acceptors (Lipinski definition) is 3. The van der Waals surface area contributed by atoms with Gasteiger partial charge in [-0.3, -0.25) is 4.79 Å². The van der Waals surface area contributed by atoms with Crippen LogP contribution in [0.15, 0.2) is 48.5 Å². The molecule has 7 heteroatoms. The summed E-state index contributed by atoms with van der Waals surface area (Å²) in [5.74, 6) is -1.41. The second kappa shape index (κ2) is 6.33. The minimum Gasteiger partial charge on any atom is -0.368 e. The molecule has 0 aliphatic carbocycles. The van der Waals surface area contributed by atoms with Crippen molar-refractivity contribution in [3.05, 3.63) is 71.0 Å². The van der Waals surface area contributed by atoms with E-state index in [0.717, 1.165) is 15.4 Å². The van der Waals surface area contributed by atoms with Crippen molar-refractivity contribution in [2.45, 2.75) is 24.8 Å². The van der Waals surface area contributed by atoms with Gasteiger partial charge in [-0.25, -0.2) is 12.8 Å². The summed E-state index contributed by atoms with van der Waals surface area (Å²) in [5.41, 5.74) is 7.67. The van der Waals surface area contributed by atoms with Gasteiger partial charge in [-0.15, -0.1) is 0 Å². The summed E-state index contributed by atoms with van der Waals surface area (Å²) >= 11 is 0. The fourth-order valence-electron chi connectivity index (χ4n) is 2.91. The molecule has 0 bridgehead atoms. The third-order valence-corrected chi connectivity index (χ3v) is 5.95. The number of amides is 1. The molecule has 0 saturated carbocycles. The van der Waals surface area contributed by atoms with E-state index in [-0.39, 0.29) is 18.7 Å². The maximum absolute atomic E-state index is 13.0. The Hall–Kier alpha value is -2.25. The fourth-order valence-corrected chi connectivity index (χ4v) is 4.59. The Labute approximate surface area is 139 Å². The highest BCUT2D eigenvalue weighted by Crippen LogP contribution is 2.27. The molecule has 126 valence electrons. The van der Waals surface area contributed by atoms with Crippen LogP contribution in [0.2, 0.25) is 0 Å². The van der Waals surface area contributed by atoms with E-state index >= 15 is 0 Å². The predicted octanol–water partition coefficient (Wildman–Crippen LogP) is 1.57. The van der Waals surface area contributed by atoms with Crippen LogP contribution in [0.1, 0.15) is 16.7 Å². The zero-order chi connectivity index (χ0) is 17.3. The van der Waals surface area contributed by atoms with Crippen molar-refractivity contribution in [1.29, 1.82) is 0 Å². The molecule has 1 aliphatic heterocycles. The summed E-state index contributed by atoms with van der Waals surface area (Å²) in [6.45, 7) is 0.104. The number of hydrogen-bond donors (Lipinski definition) is 1. The van der Waals surface area contributed by atoms with E-state index in [1.54, 1.807) is 0 Å². The maximum atomic E-state index is 13.0. The summed E-state index contributed by atoms with van der Waals surface area (Å²) in [6, 6.07) is 11.7. The number of carbonyl (C=O) groups is 1. The first-order valence-electron chi connectivity index (χ1n) is 7.47. The van der Waals surface area contributed by atoms with E-state index in [9.17, 15) is 17.6 Å². The molecule has 0 unspecified atom stereocenters. The highest BCUT2D eigenvalue weighted by atomic mass is 32.2. The standard InChI is InChI=1S/C17H17FN2O3S/c18-15-7-5-12(6-8-15)11-24(22,23)20-10-14-4-2-1-3-13(14)9-16(20)17(19)21/h1-8,16H,9-11H2,(H2,19,21)/t16-/m0/s1. The number of rotatable bonds is 4. The molecule has 3 rings (SSSR count). The number of nitrogens with zero attached hydrogens (tertiary/aromatic N) is 1. The van der Waals surface area contributed by atoms with Crippen LogP contribution in [0.25, 0.3) is 0 Å². The molecule has 0 spiro atoms. The molecule has 1 aliphatic rings. The van der Waals surface area contributed by atoms with Crippen molar-refractivity contribution >= 4 is 15.9 Å². The molecule has 0 saturated heterocycles. The van der Waals surface area contributed by atoms with Gasteiger partial charge < -0.3 is 5.73 Å². The molecule has 2 aromatic rings. The number of primary amides is 1. The van der Waals surface area contributed by atoms with Gasteiger partial charge in [-0.1, -0.05) is 36.4 Å². The predicted molar refractivity (Wildman–Crippen MR) is 87.7 cm³/mol. The van der Waals surface area contributed by atoms with Crippen molar-refractivity contribution in [1.82, 2.24) is 4.31 Å². The largest absolute Gasteiger partial charge is 0.368 e. The van der Waals surface area contributed by atoms with E-state index in [2.05, 4.69) is 0 Å². The Morgan fingerprint density at radius 2 is 1.75 bits per heavy atom. The van der Waals surface area contributed by atoms with Gasteiger partial charge in [0.05, 0.1) is 5.75 Å². The molecule has 1 heterocycles. The zero-order valence-electron chi connectivity index (χ0n) is 12.9. The van der Waals surface area contributed by atoms with Crippen molar-refractivity contribution in [3.63, 3.8) is 0 Å². The summed E-state index contributed by atoms with van der Waals surface area (Å²) in [5, 5.41) is 0. The third kappa shape index (κ3) is 3.32. The molecule has 5 nitrogen and oxygen atoms in total. The third-order valence-electron chi connectivity index (χ3n) is 4.15. The Morgan fingerprint density at radius 3 is 2.38 bits per heavy atom. The fraction of sp³-hybridized carbons (Fsp3) is 0.235. The molecule has 24 heavy (non-hydrogen) atoms. The first-order chi connectivity index (χ1) is 11.4. The molecule has 0 fully saturated rings. The Morgan fingerprint density at radius 1 is 1.12 bits per heavy atom. The zero-order valence-corrected chi connectivity index (χ0v) is 13.7. The number of halogens is 1. The quantitative estimate of drug-likeness (QED) is 0.911. The number of fused-ring (bicyclic) bond motifs is 1. The van der Waals surface area contributed by atoms with Crippen LogP contribution in [-0.4, -0.2) is 24.7 Å². The van der Waals surface area contributed by atoms with Gasteiger partial charge in [0.2, 0.25) is 15.9 Å². The minimum absolute atomic E-state index is 0.104. The van der Waals surface area contributed by atoms with Crippen LogP contribution >= 0.6 is 0 Å². The second-order valence-electron chi connectivity index (χ2n) is 5.82. The average molecular weight is 348 g/mol. The van der Waals surface area contributed by atoms with Gasteiger partial charge in [0.15, 0.2) is 0 Å². The summed E-state index contributed by atoms with van der Waals surface area (Å²) in [4.78, 5) is 11.8. The number of carbonyl (C=O) groups excluding carboxylic acids is 1. The first-order valence-corrected chi connectivity index (χ1v) is 9.08. The summed E-state index contributed by atoms with van der Waals surface area (Å²) in [7, 11) is -3.78.